The van der Waals surface area contributed by atoms with Crippen LogP contribution in [0.2, 0.25) is 0 Å². The zero-order chi connectivity index (χ0) is 22.3. The van der Waals surface area contributed by atoms with Crippen LogP contribution in [0.25, 0.3) is 0 Å². The van der Waals surface area contributed by atoms with Crippen molar-refractivity contribution in [3.8, 4) is 11.5 Å². The lowest BCUT2D eigenvalue weighted by molar-refractivity contribution is -0.877. The summed E-state index contributed by atoms with van der Waals surface area (Å²) in [5, 5.41) is 0. The normalized spacial score (nSPS) is 16.8. The van der Waals surface area contributed by atoms with Crippen LogP contribution in [0.15, 0.2) is 48.5 Å². The lowest BCUT2D eigenvalue weighted by Gasteiger charge is -2.41. The van der Waals surface area contributed by atoms with Crippen LogP contribution in [0.5, 0.6) is 11.5 Å². The summed E-state index contributed by atoms with van der Waals surface area (Å²) in [7, 11) is 5.29. The van der Waals surface area contributed by atoms with Crippen molar-refractivity contribution in [2.45, 2.75) is 50.5 Å². The van der Waals surface area contributed by atoms with Crippen molar-refractivity contribution >= 4 is 7.32 Å². The lowest BCUT2D eigenvalue weighted by atomic mass is 9.84. The standard InChI is InChI=1S/C24H33BF2NO3/c1-28(2,3)19-24(15-7-5-4-6-8-16-24)31-25(29-22-13-9-11-20(26)17-22)30-23-14-10-12-21(27)18-23/h9-14,17-18H,4-8,15-16,19H2,1-3H3/q+1. The Morgan fingerprint density at radius 2 is 1.29 bits per heavy atom. The Labute approximate surface area is 184 Å². The van der Waals surface area contributed by atoms with E-state index in [1.165, 1.54) is 43.5 Å². The highest BCUT2D eigenvalue weighted by atomic mass is 19.1. The van der Waals surface area contributed by atoms with Crippen LogP contribution in [-0.2, 0) is 4.65 Å². The molecule has 1 fully saturated rings. The molecule has 0 unspecified atom stereocenters. The van der Waals surface area contributed by atoms with Gasteiger partial charge in [0.2, 0.25) is 0 Å². The van der Waals surface area contributed by atoms with Gasteiger partial charge in [0.25, 0.3) is 0 Å². The summed E-state index contributed by atoms with van der Waals surface area (Å²) in [6.07, 6.45) is 7.48. The van der Waals surface area contributed by atoms with Crippen molar-refractivity contribution in [3.05, 3.63) is 60.2 Å². The first kappa shape index (κ1) is 23.5. The number of quaternary nitrogens is 1. The van der Waals surface area contributed by atoms with E-state index in [0.717, 1.165) is 36.7 Å². The van der Waals surface area contributed by atoms with Gasteiger partial charge in [-0.3, -0.25) is 0 Å². The van der Waals surface area contributed by atoms with Crippen LogP contribution >= 0.6 is 0 Å². The third-order valence-electron chi connectivity index (χ3n) is 5.43. The molecule has 168 valence electrons. The molecule has 4 nitrogen and oxygen atoms in total. The molecule has 0 atom stereocenters. The largest absolute Gasteiger partial charge is 0.788 e. The van der Waals surface area contributed by atoms with Gasteiger partial charge in [0.15, 0.2) is 0 Å². The Morgan fingerprint density at radius 3 is 1.74 bits per heavy atom. The fraction of sp³-hybridized carbons (Fsp3) is 0.500. The average Bonchev–Trinajstić information content (AvgIpc) is 2.64. The first-order valence-corrected chi connectivity index (χ1v) is 11.1. The highest BCUT2D eigenvalue weighted by Crippen LogP contribution is 2.33. The number of likely N-dealkylation sites (N-methyl/N-ethyl adjacent to an activating group) is 1. The van der Waals surface area contributed by atoms with E-state index in [1.54, 1.807) is 24.3 Å². The monoisotopic (exact) mass is 432 g/mol. The Kier molecular flexibility index (Phi) is 7.95. The fourth-order valence-electron chi connectivity index (χ4n) is 4.31. The summed E-state index contributed by atoms with van der Waals surface area (Å²) in [5.41, 5.74) is -0.454. The van der Waals surface area contributed by atoms with E-state index < -0.39 is 24.6 Å². The molecular weight excluding hydrogens is 399 g/mol. The van der Waals surface area contributed by atoms with Crippen LogP contribution in [0, 0.1) is 11.6 Å². The maximum atomic E-state index is 13.7. The molecule has 0 amide bonds. The van der Waals surface area contributed by atoms with Gasteiger partial charge in [-0.15, -0.1) is 0 Å². The molecule has 0 spiro atoms. The highest BCUT2D eigenvalue weighted by Gasteiger charge is 2.44. The molecule has 1 aliphatic rings. The molecule has 0 saturated heterocycles. The number of rotatable bonds is 8. The van der Waals surface area contributed by atoms with Gasteiger partial charge in [0.1, 0.15) is 35.3 Å². The molecule has 31 heavy (non-hydrogen) atoms. The minimum absolute atomic E-state index is 0.299. The average molecular weight is 432 g/mol. The van der Waals surface area contributed by atoms with E-state index in [1.807, 2.05) is 0 Å². The molecule has 2 aromatic rings. The summed E-state index contributed by atoms with van der Waals surface area (Å²) in [6.45, 7) is 0.780. The second kappa shape index (κ2) is 10.5. The van der Waals surface area contributed by atoms with Gasteiger partial charge in [-0.1, -0.05) is 44.2 Å². The molecule has 0 N–H and O–H groups in total. The van der Waals surface area contributed by atoms with Crippen LogP contribution in [0.4, 0.5) is 8.78 Å². The van der Waals surface area contributed by atoms with Crippen molar-refractivity contribution in [2.75, 3.05) is 27.7 Å². The molecule has 1 aliphatic carbocycles. The lowest BCUT2D eigenvalue weighted by Crippen LogP contribution is -2.55. The molecule has 0 heterocycles. The van der Waals surface area contributed by atoms with Gasteiger partial charge >= 0.3 is 7.32 Å². The van der Waals surface area contributed by atoms with E-state index in [4.69, 9.17) is 14.0 Å². The third kappa shape index (κ3) is 7.82. The number of hydrogen-bond donors (Lipinski definition) is 0. The Balaban J connectivity index is 1.88. The molecule has 0 bridgehead atoms. The number of benzene rings is 2. The van der Waals surface area contributed by atoms with E-state index >= 15 is 0 Å². The van der Waals surface area contributed by atoms with Crippen molar-refractivity contribution in [2.24, 2.45) is 0 Å². The third-order valence-corrected chi connectivity index (χ3v) is 5.43. The van der Waals surface area contributed by atoms with E-state index in [0.29, 0.717) is 11.5 Å². The smallest absolute Gasteiger partial charge is 0.501 e. The topological polar surface area (TPSA) is 27.7 Å². The zero-order valence-corrected chi connectivity index (χ0v) is 18.8. The Bertz CT molecular complexity index is 788. The molecule has 0 aromatic heterocycles. The second-order valence-corrected chi connectivity index (χ2v) is 9.46. The minimum Gasteiger partial charge on any atom is -0.501 e. The quantitative estimate of drug-likeness (QED) is 0.401. The summed E-state index contributed by atoms with van der Waals surface area (Å²) in [5.74, 6) is -0.219. The van der Waals surface area contributed by atoms with E-state index in [2.05, 4.69) is 21.1 Å². The maximum absolute atomic E-state index is 13.7. The SMILES string of the molecule is C[N+](C)(C)CC1(OB(Oc2cccc(F)c2)Oc2cccc(F)c2)CCCCCCC1. The summed E-state index contributed by atoms with van der Waals surface area (Å²) >= 11 is 0. The highest BCUT2D eigenvalue weighted by molar-refractivity contribution is 6.38. The summed E-state index contributed by atoms with van der Waals surface area (Å²) in [6, 6.07) is 11.7. The zero-order valence-electron chi connectivity index (χ0n) is 18.8. The number of halogens is 2. The van der Waals surface area contributed by atoms with Crippen LogP contribution in [0.3, 0.4) is 0 Å². The second-order valence-electron chi connectivity index (χ2n) is 9.46. The molecular formula is C24H33BF2NO3+. The van der Waals surface area contributed by atoms with Crippen LogP contribution in [0.1, 0.15) is 44.9 Å². The molecule has 0 radical (unpaired) electrons. The van der Waals surface area contributed by atoms with Crippen molar-refractivity contribution in [1.29, 1.82) is 0 Å². The summed E-state index contributed by atoms with van der Waals surface area (Å²) < 4.78 is 46.7. The Morgan fingerprint density at radius 1 is 0.806 bits per heavy atom. The first-order chi connectivity index (χ1) is 14.7. The van der Waals surface area contributed by atoms with E-state index in [9.17, 15) is 8.78 Å². The number of nitrogens with zero attached hydrogens (tertiary/aromatic N) is 1. The Hall–Kier alpha value is -2.12. The molecule has 7 heteroatoms. The van der Waals surface area contributed by atoms with Crippen molar-refractivity contribution in [1.82, 2.24) is 0 Å². The maximum Gasteiger partial charge on any atom is 0.788 e. The van der Waals surface area contributed by atoms with Gasteiger partial charge in [-0.05, 0) is 37.1 Å². The fourth-order valence-corrected chi connectivity index (χ4v) is 4.31. The van der Waals surface area contributed by atoms with Crippen molar-refractivity contribution < 1.29 is 27.2 Å². The molecule has 0 aliphatic heterocycles. The van der Waals surface area contributed by atoms with Crippen LogP contribution < -0.4 is 9.31 Å². The van der Waals surface area contributed by atoms with Gasteiger partial charge in [0.05, 0.1) is 21.1 Å². The first-order valence-electron chi connectivity index (χ1n) is 11.1. The predicted octanol–water partition coefficient (Wildman–Crippen LogP) is 5.61. The molecule has 1 saturated carbocycles. The van der Waals surface area contributed by atoms with Gasteiger partial charge in [0, 0.05) is 12.1 Å². The van der Waals surface area contributed by atoms with Gasteiger partial charge in [-0.25, -0.2) is 8.78 Å². The van der Waals surface area contributed by atoms with Gasteiger partial charge < -0.3 is 18.4 Å². The van der Waals surface area contributed by atoms with Crippen molar-refractivity contribution in [3.63, 3.8) is 0 Å². The van der Waals surface area contributed by atoms with E-state index in [-0.39, 0.29) is 0 Å². The minimum atomic E-state index is -1.13. The van der Waals surface area contributed by atoms with Gasteiger partial charge in [-0.2, -0.15) is 0 Å². The molecule has 2 aromatic carbocycles. The number of hydrogen-bond acceptors (Lipinski definition) is 3. The molecule has 3 rings (SSSR count). The summed E-state index contributed by atoms with van der Waals surface area (Å²) in [4.78, 5) is 0. The predicted molar refractivity (Wildman–Crippen MR) is 119 cm³/mol. The van der Waals surface area contributed by atoms with Crippen LogP contribution in [-0.4, -0.2) is 45.1 Å².